The number of piperazine rings is 1. The van der Waals surface area contributed by atoms with Crippen molar-refractivity contribution in [3.63, 3.8) is 0 Å². The molecule has 0 spiro atoms. The van der Waals surface area contributed by atoms with E-state index >= 15 is 0 Å². The van der Waals surface area contributed by atoms with Crippen molar-refractivity contribution in [2.75, 3.05) is 36.0 Å². The van der Waals surface area contributed by atoms with Gasteiger partial charge < -0.3 is 9.80 Å². The Morgan fingerprint density at radius 1 is 0.783 bits per heavy atom. The van der Waals surface area contributed by atoms with Crippen LogP contribution in [0.25, 0.3) is 10.8 Å². The largest absolute Gasteiger partial charge is 0.351 e. The second-order valence-electron chi connectivity index (χ2n) is 5.68. The van der Waals surface area contributed by atoms with Crippen LogP contribution in [0.4, 0.5) is 11.8 Å². The average Bonchev–Trinajstić information content (AvgIpc) is 2.63. The number of benzene rings is 1. The van der Waals surface area contributed by atoms with Gasteiger partial charge in [-0.05, 0) is 13.0 Å². The van der Waals surface area contributed by atoms with E-state index in [-0.39, 0.29) is 0 Å². The third kappa shape index (κ3) is 2.56. The van der Waals surface area contributed by atoms with Crippen LogP contribution in [0, 0.1) is 6.92 Å². The summed E-state index contributed by atoms with van der Waals surface area (Å²) in [5, 5.41) is 11.1. The lowest BCUT2D eigenvalue weighted by atomic mass is 10.1. The Kier molecular flexibility index (Phi) is 3.49. The molecule has 0 saturated carbocycles. The number of nitrogens with zero attached hydrogens (tertiary/aromatic N) is 6. The van der Waals surface area contributed by atoms with E-state index in [2.05, 4.69) is 48.2 Å². The first-order valence-corrected chi connectivity index (χ1v) is 7.82. The lowest BCUT2D eigenvalue weighted by molar-refractivity contribution is 0.633. The quantitative estimate of drug-likeness (QED) is 0.722. The fourth-order valence-electron chi connectivity index (χ4n) is 3.03. The minimum atomic E-state index is 0.798. The molecule has 0 bridgehead atoms. The van der Waals surface area contributed by atoms with Gasteiger partial charge in [0.2, 0.25) is 5.95 Å². The number of anilines is 2. The lowest BCUT2D eigenvalue weighted by Crippen LogP contribution is -2.47. The summed E-state index contributed by atoms with van der Waals surface area (Å²) in [5.41, 5.74) is 0.973. The number of aryl methyl sites for hydroxylation is 1. The molecule has 0 unspecified atom stereocenters. The second-order valence-corrected chi connectivity index (χ2v) is 5.68. The van der Waals surface area contributed by atoms with Crippen molar-refractivity contribution < 1.29 is 0 Å². The Balaban J connectivity index is 1.58. The van der Waals surface area contributed by atoms with Gasteiger partial charge in [-0.3, -0.25) is 0 Å². The minimum Gasteiger partial charge on any atom is -0.351 e. The van der Waals surface area contributed by atoms with E-state index in [1.807, 2.05) is 19.1 Å². The Bertz CT molecular complexity index is 812. The fourth-order valence-corrected chi connectivity index (χ4v) is 3.03. The summed E-state index contributed by atoms with van der Waals surface area (Å²) in [6, 6.07) is 10.2. The molecule has 3 heterocycles. The monoisotopic (exact) mass is 306 g/mol. The molecule has 0 atom stereocenters. The second kappa shape index (κ2) is 5.79. The zero-order chi connectivity index (χ0) is 15.6. The molecular weight excluding hydrogens is 288 g/mol. The van der Waals surface area contributed by atoms with E-state index in [0.717, 1.165) is 43.6 Å². The average molecular weight is 306 g/mol. The topological polar surface area (TPSA) is 58.0 Å². The van der Waals surface area contributed by atoms with Crippen LogP contribution < -0.4 is 9.80 Å². The van der Waals surface area contributed by atoms with E-state index in [4.69, 9.17) is 0 Å². The maximum absolute atomic E-state index is 4.45. The molecule has 1 fully saturated rings. The summed E-state index contributed by atoms with van der Waals surface area (Å²) < 4.78 is 0. The number of aromatic nitrogens is 4. The first-order chi connectivity index (χ1) is 11.3. The van der Waals surface area contributed by atoms with E-state index in [9.17, 15) is 0 Å². The van der Waals surface area contributed by atoms with Gasteiger partial charge in [0.25, 0.3) is 0 Å². The van der Waals surface area contributed by atoms with Gasteiger partial charge in [0.05, 0.1) is 5.69 Å². The molecular formula is C17H18N6. The van der Waals surface area contributed by atoms with E-state index in [0.29, 0.717) is 0 Å². The maximum atomic E-state index is 4.45. The molecule has 0 aliphatic carbocycles. The highest BCUT2D eigenvalue weighted by Crippen LogP contribution is 2.26. The zero-order valence-corrected chi connectivity index (χ0v) is 13.1. The Labute approximate surface area is 134 Å². The molecule has 1 aliphatic heterocycles. The van der Waals surface area contributed by atoms with Gasteiger partial charge in [0.15, 0.2) is 5.82 Å². The van der Waals surface area contributed by atoms with Gasteiger partial charge in [0, 0.05) is 49.3 Å². The third-order valence-corrected chi connectivity index (χ3v) is 4.27. The van der Waals surface area contributed by atoms with E-state index in [1.165, 1.54) is 10.8 Å². The smallest absolute Gasteiger partial charge is 0.225 e. The molecule has 116 valence electrons. The molecule has 23 heavy (non-hydrogen) atoms. The molecule has 1 aromatic carbocycles. The Morgan fingerprint density at radius 2 is 1.43 bits per heavy atom. The van der Waals surface area contributed by atoms with Crippen molar-refractivity contribution in [2.45, 2.75) is 6.92 Å². The Hall–Kier alpha value is -2.76. The van der Waals surface area contributed by atoms with Gasteiger partial charge >= 0.3 is 0 Å². The van der Waals surface area contributed by atoms with Crippen LogP contribution in [-0.2, 0) is 0 Å². The van der Waals surface area contributed by atoms with Crippen LogP contribution in [0.15, 0.2) is 42.7 Å². The predicted octanol–water partition coefficient (Wildman–Crippen LogP) is 2.05. The van der Waals surface area contributed by atoms with Crippen LogP contribution in [0.3, 0.4) is 0 Å². The molecule has 6 heteroatoms. The highest BCUT2D eigenvalue weighted by Gasteiger charge is 2.21. The molecule has 1 saturated heterocycles. The molecule has 3 aromatic rings. The third-order valence-electron chi connectivity index (χ3n) is 4.27. The summed E-state index contributed by atoms with van der Waals surface area (Å²) in [6.45, 7) is 5.55. The van der Waals surface area contributed by atoms with Crippen LogP contribution in [0.5, 0.6) is 0 Å². The van der Waals surface area contributed by atoms with Gasteiger partial charge in [-0.1, -0.05) is 24.3 Å². The molecule has 4 rings (SSSR count). The first kappa shape index (κ1) is 13.9. The predicted molar refractivity (Wildman–Crippen MR) is 90.7 cm³/mol. The molecule has 1 aliphatic rings. The van der Waals surface area contributed by atoms with Crippen molar-refractivity contribution in [1.29, 1.82) is 0 Å². The highest BCUT2D eigenvalue weighted by atomic mass is 15.3. The highest BCUT2D eigenvalue weighted by molar-refractivity contribution is 5.93. The van der Waals surface area contributed by atoms with Crippen molar-refractivity contribution in [3.05, 3.63) is 48.4 Å². The fraction of sp³-hybridized carbons (Fsp3) is 0.294. The number of fused-ring (bicyclic) bond motifs is 1. The van der Waals surface area contributed by atoms with Crippen molar-refractivity contribution >= 4 is 22.5 Å². The summed E-state index contributed by atoms with van der Waals surface area (Å²) in [4.78, 5) is 13.2. The molecule has 0 N–H and O–H groups in total. The van der Waals surface area contributed by atoms with Crippen LogP contribution >= 0.6 is 0 Å². The molecule has 0 radical (unpaired) electrons. The SMILES string of the molecule is Cc1nnc(N2CCN(c3ncccn3)CC2)c2ccccc12. The maximum Gasteiger partial charge on any atom is 0.225 e. The Morgan fingerprint density at radius 3 is 2.17 bits per heavy atom. The van der Waals surface area contributed by atoms with Crippen molar-refractivity contribution in [3.8, 4) is 0 Å². The number of rotatable bonds is 2. The van der Waals surface area contributed by atoms with Gasteiger partial charge in [-0.25, -0.2) is 9.97 Å². The normalized spacial score (nSPS) is 15.2. The summed E-state index contributed by atoms with van der Waals surface area (Å²) in [5.74, 6) is 1.77. The number of hydrogen-bond donors (Lipinski definition) is 0. The van der Waals surface area contributed by atoms with Gasteiger partial charge in [-0.2, -0.15) is 5.10 Å². The van der Waals surface area contributed by atoms with Crippen LogP contribution in [-0.4, -0.2) is 46.3 Å². The summed E-state index contributed by atoms with van der Waals surface area (Å²) in [7, 11) is 0. The van der Waals surface area contributed by atoms with Crippen molar-refractivity contribution in [2.24, 2.45) is 0 Å². The zero-order valence-electron chi connectivity index (χ0n) is 13.1. The molecule has 0 amide bonds. The minimum absolute atomic E-state index is 0.798. The standard InChI is InChI=1S/C17H18N6/c1-13-14-5-2-3-6-15(14)16(21-20-13)22-9-11-23(12-10-22)17-18-7-4-8-19-17/h2-8H,9-12H2,1H3. The first-order valence-electron chi connectivity index (χ1n) is 7.82. The van der Waals surface area contributed by atoms with Crippen LogP contribution in [0.1, 0.15) is 5.69 Å². The van der Waals surface area contributed by atoms with E-state index in [1.54, 1.807) is 12.4 Å². The van der Waals surface area contributed by atoms with Crippen molar-refractivity contribution in [1.82, 2.24) is 20.2 Å². The van der Waals surface area contributed by atoms with Gasteiger partial charge in [-0.15, -0.1) is 5.10 Å². The number of hydrogen-bond acceptors (Lipinski definition) is 6. The van der Waals surface area contributed by atoms with Gasteiger partial charge in [0.1, 0.15) is 0 Å². The summed E-state index contributed by atoms with van der Waals surface area (Å²) >= 11 is 0. The molecule has 6 nitrogen and oxygen atoms in total. The van der Waals surface area contributed by atoms with E-state index < -0.39 is 0 Å². The lowest BCUT2D eigenvalue weighted by Gasteiger charge is -2.35. The van der Waals surface area contributed by atoms with Crippen LogP contribution in [0.2, 0.25) is 0 Å². The summed E-state index contributed by atoms with van der Waals surface area (Å²) in [6.07, 6.45) is 3.57. The molecule has 2 aromatic heterocycles.